The number of hydrogen-bond donors (Lipinski definition) is 0. The van der Waals surface area contributed by atoms with Crippen LogP contribution in [0.15, 0.2) is 16.6 Å². The standard InChI is InChI=1S/C8H4BrF4NO3/c9-5-1-4(14(15)16)2-6(10)7(5)17-3-8(11,12)13/h1-2H,3H2. The minimum absolute atomic E-state index is 0.256. The van der Waals surface area contributed by atoms with E-state index in [4.69, 9.17) is 0 Å². The lowest BCUT2D eigenvalue weighted by Gasteiger charge is -2.11. The summed E-state index contributed by atoms with van der Waals surface area (Å²) in [7, 11) is 0. The first-order valence-electron chi connectivity index (χ1n) is 4.03. The van der Waals surface area contributed by atoms with Gasteiger partial charge in [-0.05, 0) is 15.9 Å². The summed E-state index contributed by atoms with van der Waals surface area (Å²) < 4.78 is 52.7. The highest BCUT2D eigenvalue weighted by Gasteiger charge is 2.30. The Morgan fingerprint density at radius 2 is 2.00 bits per heavy atom. The van der Waals surface area contributed by atoms with E-state index in [2.05, 4.69) is 20.7 Å². The highest BCUT2D eigenvalue weighted by molar-refractivity contribution is 9.10. The first-order chi connectivity index (χ1) is 7.70. The van der Waals surface area contributed by atoms with Crippen molar-refractivity contribution in [3.05, 3.63) is 32.5 Å². The molecule has 0 spiro atoms. The number of nitrogens with zero attached hydrogens (tertiary/aromatic N) is 1. The van der Waals surface area contributed by atoms with Gasteiger partial charge in [0.2, 0.25) is 0 Å². The Labute approximate surface area is 100 Å². The minimum atomic E-state index is -4.62. The second kappa shape index (κ2) is 4.86. The molecule has 0 atom stereocenters. The first-order valence-corrected chi connectivity index (χ1v) is 4.83. The Balaban J connectivity index is 2.98. The third-order valence-corrected chi connectivity index (χ3v) is 2.16. The molecule has 1 aromatic rings. The van der Waals surface area contributed by atoms with Crippen molar-refractivity contribution in [3.63, 3.8) is 0 Å². The molecule has 0 saturated carbocycles. The molecule has 0 aliphatic heterocycles. The Morgan fingerprint density at radius 3 is 2.41 bits per heavy atom. The summed E-state index contributed by atoms with van der Waals surface area (Å²) in [5.74, 6) is -1.96. The molecule has 1 rings (SSSR count). The van der Waals surface area contributed by atoms with Gasteiger partial charge in [-0.2, -0.15) is 13.2 Å². The molecule has 1 aromatic carbocycles. The van der Waals surface area contributed by atoms with E-state index in [1.165, 1.54) is 0 Å². The SMILES string of the molecule is O=[N+]([O-])c1cc(F)c(OCC(F)(F)F)c(Br)c1. The molecule has 0 unspecified atom stereocenters. The number of rotatable bonds is 3. The molecule has 0 heterocycles. The average Bonchev–Trinajstić information content (AvgIpc) is 2.14. The maximum absolute atomic E-state index is 13.2. The summed E-state index contributed by atoms with van der Waals surface area (Å²) >= 11 is 2.70. The van der Waals surface area contributed by atoms with Crippen molar-refractivity contribution >= 4 is 21.6 Å². The van der Waals surface area contributed by atoms with Crippen LogP contribution in [0.4, 0.5) is 23.2 Å². The maximum Gasteiger partial charge on any atom is 0.422 e. The number of halogens is 5. The van der Waals surface area contributed by atoms with Crippen LogP contribution in [0, 0.1) is 15.9 Å². The quantitative estimate of drug-likeness (QED) is 0.487. The summed E-state index contributed by atoms with van der Waals surface area (Å²) in [5, 5.41) is 10.3. The normalized spacial score (nSPS) is 11.4. The van der Waals surface area contributed by atoms with E-state index in [-0.39, 0.29) is 4.47 Å². The van der Waals surface area contributed by atoms with Gasteiger partial charge in [0.1, 0.15) is 0 Å². The van der Waals surface area contributed by atoms with Gasteiger partial charge in [0.05, 0.1) is 15.5 Å². The van der Waals surface area contributed by atoms with Crippen molar-refractivity contribution in [1.29, 1.82) is 0 Å². The molecule has 0 fully saturated rings. The maximum atomic E-state index is 13.2. The molecule has 0 aliphatic carbocycles. The summed E-state index contributed by atoms with van der Waals surface area (Å²) in [6.07, 6.45) is -4.62. The van der Waals surface area contributed by atoms with Gasteiger partial charge in [-0.1, -0.05) is 0 Å². The number of nitro benzene ring substituents is 1. The number of alkyl halides is 3. The van der Waals surface area contributed by atoms with E-state index < -0.39 is 35.0 Å². The predicted molar refractivity (Wildman–Crippen MR) is 52.3 cm³/mol. The number of benzene rings is 1. The summed E-state index contributed by atoms with van der Waals surface area (Å²) in [5.41, 5.74) is -0.589. The van der Waals surface area contributed by atoms with Crippen LogP contribution >= 0.6 is 15.9 Å². The molecule has 0 bridgehead atoms. The van der Waals surface area contributed by atoms with E-state index in [0.717, 1.165) is 6.07 Å². The van der Waals surface area contributed by atoms with E-state index in [1.807, 2.05) is 0 Å². The fourth-order valence-electron chi connectivity index (χ4n) is 0.944. The van der Waals surface area contributed by atoms with Crippen LogP contribution in [0.2, 0.25) is 0 Å². The van der Waals surface area contributed by atoms with Gasteiger partial charge >= 0.3 is 6.18 Å². The summed E-state index contributed by atoms with van der Waals surface area (Å²) in [6, 6.07) is 1.34. The van der Waals surface area contributed by atoms with Crippen LogP contribution in [-0.2, 0) is 0 Å². The molecule has 9 heteroatoms. The third kappa shape index (κ3) is 3.84. The predicted octanol–water partition coefficient (Wildman–Crippen LogP) is 3.44. The zero-order chi connectivity index (χ0) is 13.2. The molecule has 0 aliphatic rings. The van der Waals surface area contributed by atoms with E-state index in [1.54, 1.807) is 0 Å². The van der Waals surface area contributed by atoms with Crippen molar-refractivity contribution < 1.29 is 27.2 Å². The largest absolute Gasteiger partial charge is 0.480 e. The Bertz CT molecular complexity index is 426. The monoisotopic (exact) mass is 317 g/mol. The number of hydrogen-bond acceptors (Lipinski definition) is 3. The van der Waals surface area contributed by atoms with Gasteiger partial charge in [-0.25, -0.2) is 4.39 Å². The van der Waals surface area contributed by atoms with Crippen LogP contribution in [0.5, 0.6) is 5.75 Å². The minimum Gasteiger partial charge on any atom is -0.480 e. The van der Waals surface area contributed by atoms with E-state index in [9.17, 15) is 27.7 Å². The lowest BCUT2D eigenvalue weighted by atomic mass is 10.3. The molecule has 0 saturated heterocycles. The molecule has 0 N–H and O–H groups in total. The second-order valence-electron chi connectivity index (χ2n) is 2.90. The molecular formula is C8H4BrF4NO3. The van der Waals surface area contributed by atoms with Gasteiger partial charge in [0.25, 0.3) is 5.69 Å². The van der Waals surface area contributed by atoms with Gasteiger partial charge in [0.15, 0.2) is 18.2 Å². The molecule has 17 heavy (non-hydrogen) atoms. The van der Waals surface area contributed by atoms with Gasteiger partial charge in [-0.15, -0.1) is 0 Å². The number of nitro groups is 1. The Hall–Kier alpha value is -1.38. The van der Waals surface area contributed by atoms with Crippen molar-refractivity contribution in [2.24, 2.45) is 0 Å². The molecule has 0 aromatic heterocycles. The van der Waals surface area contributed by atoms with E-state index >= 15 is 0 Å². The fraction of sp³-hybridized carbons (Fsp3) is 0.250. The summed E-state index contributed by atoms with van der Waals surface area (Å²) in [4.78, 5) is 9.46. The van der Waals surface area contributed by atoms with Crippen LogP contribution in [-0.4, -0.2) is 17.7 Å². The molecule has 4 nitrogen and oxygen atoms in total. The van der Waals surface area contributed by atoms with E-state index in [0.29, 0.717) is 6.07 Å². The van der Waals surface area contributed by atoms with Crippen LogP contribution < -0.4 is 4.74 Å². The van der Waals surface area contributed by atoms with Crippen LogP contribution in [0.3, 0.4) is 0 Å². The lowest BCUT2D eigenvalue weighted by molar-refractivity contribution is -0.385. The fourth-order valence-corrected chi connectivity index (χ4v) is 1.48. The van der Waals surface area contributed by atoms with Gasteiger partial charge in [0, 0.05) is 6.07 Å². The highest BCUT2D eigenvalue weighted by atomic mass is 79.9. The number of ether oxygens (including phenoxy) is 1. The highest BCUT2D eigenvalue weighted by Crippen LogP contribution is 2.33. The lowest BCUT2D eigenvalue weighted by Crippen LogP contribution is -2.19. The van der Waals surface area contributed by atoms with Crippen molar-refractivity contribution in [2.45, 2.75) is 6.18 Å². The van der Waals surface area contributed by atoms with Crippen molar-refractivity contribution in [1.82, 2.24) is 0 Å². The van der Waals surface area contributed by atoms with Crippen LogP contribution in [0.1, 0.15) is 0 Å². The van der Waals surface area contributed by atoms with Gasteiger partial charge in [-0.3, -0.25) is 10.1 Å². The average molecular weight is 318 g/mol. The first kappa shape index (κ1) is 13.7. The third-order valence-electron chi connectivity index (χ3n) is 1.57. The zero-order valence-corrected chi connectivity index (χ0v) is 9.51. The molecular weight excluding hydrogens is 314 g/mol. The van der Waals surface area contributed by atoms with Crippen molar-refractivity contribution in [2.75, 3.05) is 6.61 Å². The molecule has 0 radical (unpaired) electrons. The number of non-ortho nitro benzene ring substituents is 1. The van der Waals surface area contributed by atoms with Crippen molar-refractivity contribution in [3.8, 4) is 5.75 Å². The van der Waals surface area contributed by atoms with Gasteiger partial charge < -0.3 is 4.74 Å². The smallest absolute Gasteiger partial charge is 0.422 e. The topological polar surface area (TPSA) is 52.4 Å². The molecule has 94 valence electrons. The van der Waals surface area contributed by atoms with Crippen LogP contribution in [0.25, 0.3) is 0 Å². The zero-order valence-electron chi connectivity index (χ0n) is 7.92. The Morgan fingerprint density at radius 1 is 1.41 bits per heavy atom. The Kier molecular flexibility index (Phi) is 3.91. The second-order valence-corrected chi connectivity index (χ2v) is 3.75. The summed E-state index contributed by atoms with van der Waals surface area (Å²) in [6.45, 7) is -1.68. The molecule has 0 amide bonds.